The minimum atomic E-state index is 0.0916. The third-order valence-corrected chi connectivity index (χ3v) is 4.03. The number of piperazine rings is 1. The predicted octanol–water partition coefficient (Wildman–Crippen LogP) is 0.826. The molecule has 0 bridgehead atoms. The highest BCUT2D eigenvalue weighted by Gasteiger charge is 2.45. The van der Waals surface area contributed by atoms with E-state index in [4.69, 9.17) is 9.47 Å². The summed E-state index contributed by atoms with van der Waals surface area (Å²) in [5.74, 6) is 0.912. The molecule has 98 valence electrons. The molecule has 18 heavy (non-hydrogen) atoms. The number of ether oxygens (including phenoxy) is 2. The van der Waals surface area contributed by atoms with E-state index in [1.165, 1.54) is 5.56 Å². The van der Waals surface area contributed by atoms with Crippen molar-refractivity contribution in [2.75, 3.05) is 46.5 Å². The molecule has 1 aromatic carbocycles. The lowest BCUT2D eigenvalue weighted by atomic mass is 9.85. The lowest BCUT2D eigenvalue weighted by Crippen LogP contribution is -2.63. The molecule has 4 nitrogen and oxygen atoms in total. The van der Waals surface area contributed by atoms with Crippen LogP contribution in [0.15, 0.2) is 24.3 Å². The van der Waals surface area contributed by atoms with Crippen LogP contribution in [0.5, 0.6) is 5.75 Å². The summed E-state index contributed by atoms with van der Waals surface area (Å²) in [6, 6.07) is 8.42. The van der Waals surface area contributed by atoms with Crippen LogP contribution in [-0.4, -0.2) is 51.4 Å². The topological polar surface area (TPSA) is 33.7 Å². The molecule has 0 amide bonds. The summed E-state index contributed by atoms with van der Waals surface area (Å²) < 4.78 is 10.7. The average molecular weight is 248 g/mol. The molecule has 4 heteroatoms. The minimum absolute atomic E-state index is 0.0916. The minimum Gasteiger partial charge on any atom is -0.497 e. The Morgan fingerprint density at radius 1 is 1.17 bits per heavy atom. The van der Waals surface area contributed by atoms with E-state index in [2.05, 4.69) is 22.3 Å². The van der Waals surface area contributed by atoms with Crippen LogP contribution in [0.1, 0.15) is 5.56 Å². The third kappa shape index (κ3) is 1.90. The molecule has 0 aromatic heterocycles. The second-order valence-corrected chi connectivity index (χ2v) is 4.99. The monoisotopic (exact) mass is 248 g/mol. The molecule has 2 fully saturated rings. The Morgan fingerprint density at radius 3 is 2.33 bits per heavy atom. The van der Waals surface area contributed by atoms with Gasteiger partial charge in [0.15, 0.2) is 0 Å². The number of nitrogens with zero attached hydrogens (tertiary/aromatic N) is 1. The summed E-state index contributed by atoms with van der Waals surface area (Å²) in [6.45, 7) is 5.93. The van der Waals surface area contributed by atoms with Crippen molar-refractivity contribution in [2.45, 2.75) is 5.54 Å². The Bertz CT molecular complexity index is 395. The van der Waals surface area contributed by atoms with E-state index in [0.29, 0.717) is 0 Å². The van der Waals surface area contributed by atoms with Crippen LogP contribution in [-0.2, 0) is 10.3 Å². The standard InChI is InChI=1S/C14H20N2O2/c1-17-13-4-2-12(3-5-13)14(10-18-11-14)16-8-6-15-7-9-16/h2-5,15H,6-11H2,1H3. The second kappa shape index (κ2) is 4.88. The summed E-state index contributed by atoms with van der Waals surface area (Å²) in [6.07, 6.45) is 0. The smallest absolute Gasteiger partial charge is 0.118 e. The maximum atomic E-state index is 5.51. The normalized spacial score (nSPS) is 23.4. The zero-order chi connectivity index (χ0) is 12.4. The Morgan fingerprint density at radius 2 is 1.83 bits per heavy atom. The van der Waals surface area contributed by atoms with Crippen molar-refractivity contribution < 1.29 is 9.47 Å². The number of nitrogens with one attached hydrogen (secondary N) is 1. The zero-order valence-electron chi connectivity index (χ0n) is 10.8. The van der Waals surface area contributed by atoms with Gasteiger partial charge in [0, 0.05) is 26.2 Å². The lowest BCUT2D eigenvalue weighted by molar-refractivity contribution is -0.149. The van der Waals surface area contributed by atoms with E-state index in [0.717, 1.165) is 45.1 Å². The van der Waals surface area contributed by atoms with Gasteiger partial charge in [0.2, 0.25) is 0 Å². The van der Waals surface area contributed by atoms with Gasteiger partial charge in [0.05, 0.1) is 25.9 Å². The van der Waals surface area contributed by atoms with Gasteiger partial charge >= 0.3 is 0 Å². The third-order valence-electron chi connectivity index (χ3n) is 4.03. The fourth-order valence-corrected chi connectivity index (χ4v) is 2.82. The summed E-state index contributed by atoms with van der Waals surface area (Å²) in [5.41, 5.74) is 1.44. The second-order valence-electron chi connectivity index (χ2n) is 4.99. The molecule has 0 spiro atoms. The molecule has 2 heterocycles. The first-order chi connectivity index (χ1) is 8.85. The maximum absolute atomic E-state index is 5.51. The van der Waals surface area contributed by atoms with E-state index in [1.807, 2.05) is 12.1 Å². The number of hydrogen-bond acceptors (Lipinski definition) is 4. The van der Waals surface area contributed by atoms with Crippen molar-refractivity contribution in [3.63, 3.8) is 0 Å². The van der Waals surface area contributed by atoms with Crippen molar-refractivity contribution in [3.05, 3.63) is 29.8 Å². The molecule has 2 saturated heterocycles. The van der Waals surface area contributed by atoms with Gasteiger partial charge in [-0.25, -0.2) is 0 Å². The van der Waals surface area contributed by atoms with Crippen LogP contribution < -0.4 is 10.1 Å². The zero-order valence-corrected chi connectivity index (χ0v) is 10.8. The summed E-state index contributed by atoms with van der Waals surface area (Å²) in [4.78, 5) is 2.55. The number of methoxy groups -OCH3 is 1. The predicted molar refractivity (Wildman–Crippen MR) is 69.9 cm³/mol. The van der Waals surface area contributed by atoms with Gasteiger partial charge in [-0.05, 0) is 17.7 Å². The van der Waals surface area contributed by atoms with E-state index in [9.17, 15) is 0 Å². The summed E-state index contributed by atoms with van der Waals surface area (Å²) >= 11 is 0. The quantitative estimate of drug-likeness (QED) is 0.859. The first-order valence-electron chi connectivity index (χ1n) is 6.53. The average Bonchev–Trinajstić information content (AvgIpc) is 2.40. The first-order valence-corrected chi connectivity index (χ1v) is 6.53. The molecule has 0 aliphatic carbocycles. The van der Waals surface area contributed by atoms with E-state index >= 15 is 0 Å². The molecule has 2 aliphatic heterocycles. The van der Waals surface area contributed by atoms with E-state index in [-0.39, 0.29) is 5.54 Å². The summed E-state index contributed by atoms with van der Waals surface area (Å²) in [7, 11) is 1.70. The molecule has 2 aliphatic rings. The van der Waals surface area contributed by atoms with Gasteiger partial charge in [-0.15, -0.1) is 0 Å². The fraction of sp³-hybridized carbons (Fsp3) is 0.571. The fourth-order valence-electron chi connectivity index (χ4n) is 2.82. The molecule has 0 radical (unpaired) electrons. The van der Waals surface area contributed by atoms with Crippen molar-refractivity contribution >= 4 is 0 Å². The molecule has 1 aromatic rings. The van der Waals surface area contributed by atoms with Crippen molar-refractivity contribution in [3.8, 4) is 5.75 Å². The van der Waals surface area contributed by atoms with Crippen molar-refractivity contribution in [1.29, 1.82) is 0 Å². The van der Waals surface area contributed by atoms with Crippen LogP contribution in [0, 0.1) is 0 Å². The highest BCUT2D eigenvalue weighted by atomic mass is 16.5. The number of rotatable bonds is 3. The molecule has 1 N–H and O–H groups in total. The highest BCUT2D eigenvalue weighted by Crippen LogP contribution is 2.36. The lowest BCUT2D eigenvalue weighted by Gasteiger charge is -2.51. The van der Waals surface area contributed by atoms with Gasteiger partial charge in [-0.3, -0.25) is 4.90 Å². The van der Waals surface area contributed by atoms with Crippen LogP contribution in [0.4, 0.5) is 0 Å². The van der Waals surface area contributed by atoms with Crippen LogP contribution in [0.25, 0.3) is 0 Å². The Labute approximate surface area is 108 Å². The molecule has 3 rings (SSSR count). The van der Waals surface area contributed by atoms with Gasteiger partial charge < -0.3 is 14.8 Å². The molecule has 0 unspecified atom stereocenters. The summed E-state index contributed by atoms with van der Waals surface area (Å²) in [5, 5.41) is 3.40. The first kappa shape index (κ1) is 12.0. The Balaban J connectivity index is 1.85. The molecule has 0 atom stereocenters. The molecular weight excluding hydrogens is 228 g/mol. The van der Waals surface area contributed by atoms with Gasteiger partial charge in [0.1, 0.15) is 5.75 Å². The Hall–Kier alpha value is -1.10. The number of hydrogen-bond donors (Lipinski definition) is 1. The van der Waals surface area contributed by atoms with E-state index in [1.54, 1.807) is 7.11 Å². The van der Waals surface area contributed by atoms with Crippen molar-refractivity contribution in [2.24, 2.45) is 0 Å². The number of benzene rings is 1. The maximum Gasteiger partial charge on any atom is 0.118 e. The van der Waals surface area contributed by atoms with Gasteiger partial charge in [-0.1, -0.05) is 12.1 Å². The molecular formula is C14H20N2O2. The van der Waals surface area contributed by atoms with Crippen molar-refractivity contribution in [1.82, 2.24) is 10.2 Å². The van der Waals surface area contributed by atoms with E-state index < -0.39 is 0 Å². The SMILES string of the molecule is COc1ccc(C2(N3CCNCC3)COC2)cc1. The largest absolute Gasteiger partial charge is 0.497 e. The van der Waals surface area contributed by atoms with Crippen LogP contribution >= 0.6 is 0 Å². The van der Waals surface area contributed by atoms with Gasteiger partial charge in [0.25, 0.3) is 0 Å². The Kier molecular flexibility index (Phi) is 3.24. The van der Waals surface area contributed by atoms with Gasteiger partial charge in [-0.2, -0.15) is 0 Å². The highest BCUT2D eigenvalue weighted by molar-refractivity contribution is 5.33. The molecule has 0 saturated carbocycles. The van der Waals surface area contributed by atoms with Crippen LogP contribution in [0.3, 0.4) is 0 Å². The van der Waals surface area contributed by atoms with Crippen LogP contribution in [0.2, 0.25) is 0 Å².